The van der Waals surface area contributed by atoms with E-state index in [4.69, 9.17) is 23.2 Å². The molecule has 0 unspecified atom stereocenters. The quantitative estimate of drug-likeness (QED) is 0.436. The van der Waals surface area contributed by atoms with Crippen molar-refractivity contribution >= 4 is 46.8 Å². The van der Waals surface area contributed by atoms with Crippen LogP contribution in [0.4, 0.5) is 0 Å². The Morgan fingerprint density at radius 3 is 2.44 bits per heavy atom. The first kappa shape index (κ1) is 24.9. The predicted molar refractivity (Wildman–Crippen MR) is 134 cm³/mol. The molecular weight excluding hydrogens is 463 g/mol. The van der Waals surface area contributed by atoms with Gasteiger partial charge >= 0.3 is 0 Å². The maximum atomic E-state index is 13.3. The molecule has 4 nitrogen and oxygen atoms in total. The van der Waals surface area contributed by atoms with Gasteiger partial charge in [0.1, 0.15) is 6.04 Å². The van der Waals surface area contributed by atoms with Crippen LogP contribution in [-0.4, -0.2) is 34.6 Å². The molecule has 0 aliphatic heterocycles. The molecule has 1 aliphatic carbocycles. The minimum atomic E-state index is -0.478. The number of amides is 2. The van der Waals surface area contributed by atoms with Crippen LogP contribution in [0.3, 0.4) is 0 Å². The average molecular weight is 494 g/mol. The van der Waals surface area contributed by atoms with Crippen LogP contribution in [-0.2, 0) is 21.9 Å². The molecular formula is C25H30Cl2N2O2S. The van der Waals surface area contributed by atoms with Crippen molar-refractivity contribution in [2.75, 3.05) is 5.75 Å². The lowest BCUT2D eigenvalue weighted by molar-refractivity contribution is -0.139. The lowest BCUT2D eigenvalue weighted by atomic mass is 10.1. The molecule has 0 bridgehead atoms. The van der Waals surface area contributed by atoms with Gasteiger partial charge in [-0.25, -0.2) is 0 Å². The molecule has 0 aromatic heterocycles. The highest BCUT2D eigenvalue weighted by molar-refractivity contribution is 7.99. The van der Waals surface area contributed by atoms with Crippen LogP contribution < -0.4 is 5.32 Å². The predicted octanol–water partition coefficient (Wildman–Crippen LogP) is 6.09. The van der Waals surface area contributed by atoms with Crippen LogP contribution in [0, 0.1) is 0 Å². The van der Waals surface area contributed by atoms with Crippen molar-refractivity contribution in [2.24, 2.45) is 0 Å². The van der Waals surface area contributed by atoms with E-state index in [2.05, 4.69) is 5.32 Å². The number of nitrogens with zero attached hydrogens (tertiary/aromatic N) is 1. The van der Waals surface area contributed by atoms with Gasteiger partial charge in [0, 0.05) is 18.3 Å². The summed E-state index contributed by atoms with van der Waals surface area (Å²) in [6.07, 6.45) is 4.93. The Morgan fingerprint density at radius 2 is 1.78 bits per heavy atom. The fourth-order valence-corrected chi connectivity index (χ4v) is 5.21. The normalized spacial score (nSPS) is 14.8. The molecule has 0 saturated heterocycles. The van der Waals surface area contributed by atoms with Gasteiger partial charge in [-0.2, -0.15) is 0 Å². The fourth-order valence-electron chi connectivity index (χ4n) is 4.04. The Bertz CT molecular complexity index is 904. The van der Waals surface area contributed by atoms with E-state index in [0.29, 0.717) is 34.5 Å². The Balaban J connectivity index is 1.67. The Labute approximate surface area is 205 Å². The molecule has 1 atom stereocenters. The number of rotatable bonds is 10. The highest BCUT2D eigenvalue weighted by atomic mass is 35.5. The minimum Gasteiger partial charge on any atom is -0.352 e. The second-order valence-corrected chi connectivity index (χ2v) is 9.96. The van der Waals surface area contributed by atoms with E-state index in [9.17, 15) is 9.59 Å². The number of carbonyl (C=O) groups is 2. The van der Waals surface area contributed by atoms with E-state index in [-0.39, 0.29) is 17.9 Å². The summed E-state index contributed by atoms with van der Waals surface area (Å²) < 4.78 is 0. The summed E-state index contributed by atoms with van der Waals surface area (Å²) in [6.45, 7) is 2.39. The van der Waals surface area contributed by atoms with Gasteiger partial charge in [0.2, 0.25) is 11.8 Å². The van der Waals surface area contributed by atoms with Crippen LogP contribution in [0.15, 0.2) is 48.5 Å². The monoisotopic (exact) mass is 492 g/mol. The van der Waals surface area contributed by atoms with Crippen molar-refractivity contribution in [1.29, 1.82) is 0 Å². The smallest absolute Gasteiger partial charge is 0.243 e. The third kappa shape index (κ3) is 7.16. The second-order valence-electron chi connectivity index (χ2n) is 8.16. The third-order valence-electron chi connectivity index (χ3n) is 5.76. The zero-order valence-corrected chi connectivity index (χ0v) is 20.7. The average Bonchev–Trinajstić information content (AvgIpc) is 3.29. The number of hydrogen-bond donors (Lipinski definition) is 1. The summed E-state index contributed by atoms with van der Waals surface area (Å²) in [7, 11) is 0. The van der Waals surface area contributed by atoms with Crippen molar-refractivity contribution in [3.63, 3.8) is 0 Å². The van der Waals surface area contributed by atoms with Crippen LogP contribution in [0.5, 0.6) is 0 Å². The maximum Gasteiger partial charge on any atom is 0.243 e. The zero-order valence-electron chi connectivity index (χ0n) is 18.4. The highest BCUT2D eigenvalue weighted by Crippen LogP contribution is 2.25. The van der Waals surface area contributed by atoms with Crippen molar-refractivity contribution in [1.82, 2.24) is 10.2 Å². The van der Waals surface area contributed by atoms with Gasteiger partial charge in [0.05, 0.1) is 15.8 Å². The molecule has 2 aromatic rings. The van der Waals surface area contributed by atoms with Gasteiger partial charge in [-0.3, -0.25) is 9.59 Å². The third-order valence-corrected chi connectivity index (χ3v) is 7.49. The van der Waals surface area contributed by atoms with Gasteiger partial charge in [0.25, 0.3) is 0 Å². The standard InChI is InChI=1S/C25H30Cl2N2O2S/c1-2-23(25(31)28-20-10-6-7-11-20)29(15-18-8-4-3-5-9-18)24(30)17-32-16-19-12-13-21(26)22(27)14-19/h3-5,8-9,12-14,20,23H,2,6-7,10-11,15-17H2,1H3,(H,28,31)/t23-/m1/s1. The molecule has 2 amide bonds. The van der Waals surface area contributed by atoms with Crippen molar-refractivity contribution < 1.29 is 9.59 Å². The highest BCUT2D eigenvalue weighted by Gasteiger charge is 2.30. The molecule has 0 heterocycles. The maximum absolute atomic E-state index is 13.3. The van der Waals surface area contributed by atoms with E-state index in [1.807, 2.05) is 49.4 Å². The number of halogens is 2. The lowest BCUT2D eigenvalue weighted by Gasteiger charge is -2.31. The largest absolute Gasteiger partial charge is 0.352 e. The van der Waals surface area contributed by atoms with Crippen molar-refractivity contribution in [3.8, 4) is 0 Å². The number of carbonyl (C=O) groups excluding carboxylic acids is 2. The molecule has 1 fully saturated rings. The molecule has 1 N–H and O–H groups in total. The van der Waals surface area contributed by atoms with Crippen molar-refractivity contribution in [2.45, 2.75) is 63.4 Å². The van der Waals surface area contributed by atoms with Crippen LogP contribution in [0.2, 0.25) is 10.0 Å². The summed E-state index contributed by atoms with van der Waals surface area (Å²) in [5.74, 6) is 0.859. The molecule has 1 saturated carbocycles. The molecule has 2 aromatic carbocycles. The first-order valence-electron chi connectivity index (χ1n) is 11.1. The summed E-state index contributed by atoms with van der Waals surface area (Å²) in [6, 6.07) is 15.1. The molecule has 0 spiro atoms. The Morgan fingerprint density at radius 1 is 1.06 bits per heavy atom. The first-order valence-corrected chi connectivity index (χ1v) is 13.0. The number of nitrogens with one attached hydrogen (secondary N) is 1. The first-order chi connectivity index (χ1) is 15.5. The number of hydrogen-bond acceptors (Lipinski definition) is 3. The van der Waals surface area contributed by atoms with Gasteiger partial charge in [-0.05, 0) is 42.5 Å². The van der Waals surface area contributed by atoms with Crippen LogP contribution >= 0.6 is 35.0 Å². The SMILES string of the molecule is CC[C@H](C(=O)NC1CCCC1)N(Cc1ccccc1)C(=O)CSCc1ccc(Cl)c(Cl)c1. The topological polar surface area (TPSA) is 49.4 Å². The summed E-state index contributed by atoms with van der Waals surface area (Å²) in [5, 5.41) is 4.21. The molecule has 1 aliphatic rings. The van der Waals surface area contributed by atoms with E-state index in [0.717, 1.165) is 36.8 Å². The van der Waals surface area contributed by atoms with Gasteiger partial charge in [0.15, 0.2) is 0 Å². The number of thioether (sulfide) groups is 1. The lowest BCUT2D eigenvalue weighted by Crippen LogP contribution is -2.51. The fraction of sp³-hybridized carbons (Fsp3) is 0.440. The van der Waals surface area contributed by atoms with Crippen LogP contribution in [0.25, 0.3) is 0 Å². The van der Waals surface area contributed by atoms with Gasteiger partial charge in [-0.15, -0.1) is 11.8 Å². The molecule has 7 heteroatoms. The van der Waals surface area contributed by atoms with Crippen LogP contribution in [0.1, 0.15) is 50.2 Å². The van der Waals surface area contributed by atoms with Crippen molar-refractivity contribution in [3.05, 3.63) is 69.7 Å². The van der Waals surface area contributed by atoms with Gasteiger partial charge < -0.3 is 10.2 Å². The summed E-state index contributed by atoms with van der Waals surface area (Å²) in [4.78, 5) is 28.1. The van der Waals surface area contributed by atoms with Gasteiger partial charge in [-0.1, -0.05) is 79.4 Å². The molecule has 172 valence electrons. The minimum absolute atomic E-state index is 0.0349. The molecule has 32 heavy (non-hydrogen) atoms. The summed E-state index contributed by atoms with van der Waals surface area (Å²) in [5.41, 5.74) is 2.03. The molecule has 0 radical (unpaired) electrons. The zero-order chi connectivity index (χ0) is 22.9. The van der Waals surface area contributed by atoms with E-state index < -0.39 is 6.04 Å². The Hall–Kier alpha value is -1.69. The second kappa shape index (κ2) is 12.5. The number of benzene rings is 2. The Kier molecular flexibility index (Phi) is 9.76. The molecule has 3 rings (SSSR count). The summed E-state index contributed by atoms with van der Waals surface area (Å²) >= 11 is 13.6. The van der Waals surface area contributed by atoms with E-state index >= 15 is 0 Å². The van der Waals surface area contributed by atoms with E-state index in [1.165, 1.54) is 11.8 Å². The van der Waals surface area contributed by atoms with E-state index in [1.54, 1.807) is 11.0 Å².